The Labute approximate surface area is 156 Å². The van der Waals surface area contributed by atoms with E-state index in [2.05, 4.69) is 10.0 Å². The summed E-state index contributed by atoms with van der Waals surface area (Å²) in [5.74, 6) is -0.981. The van der Waals surface area contributed by atoms with E-state index in [-0.39, 0.29) is 35.1 Å². The van der Waals surface area contributed by atoms with Gasteiger partial charge in [0.15, 0.2) is 0 Å². The van der Waals surface area contributed by atoms with Gasteiger partial charge in [-0.15, -0.1) is 0 Å². The quantitative estimate of drug-likeness (QED) is 0.751. The van der Waals surface area contributed by atoms with Crippen LogP contribution in [0.4, 0.5) is 10.1 Å². The van der Waals surface area contributed by atoms with Gasteiger partial charge in [0, 0.05) is 13.1 Å². The lowest BCUT2D eigenvalue weighted by Gasteiger charge is -2.26. The molecule has 11 heteroatoms. The minimum absolute atomic E-state index is 0.0295. The summed E-state index contributed by atoms with van der Waals surface area (Å²) in [5.41, 5.74) is 0.0295. The number of carbonyl (C=O) groups is 1. The highest BCUT2D eigenvalue weighted by Crippen LogP contribution is 2.22. The summed E-state index contributed by atoms with van der Waals surface area (Å²) in [6.07, 6.45) is 0. The smallest absolute Gasteiger partial charge is 0.261 e. The summed E-state index contributed by atoms with van der Waals surface area (Å²) < 4.78 is 66.4. The van der Waals surface area contributed by atoms with Crippen molar-refractivity contribution in [1.82, 2.24) is 9.62 Å². The molecule has 2 aromatic carbocycles. The van der Waals surface area contributed by atoms with Crippen molar-refractivity contribution >= 4 is 31.6 Å². The largest absolute Gasteiger partial charge is 0.354 e. The highest BCUT2D eigenvalue weighted by Gasteiger charge is 2.29. The maximum Gasteiger partial charge on any atom is 0.261 e. The fourth-order valence-electron chi connectivity index (χ4n) is 2.52. The monoisotopic (exact) mass is 413 g/mol. The molecule has 1 heterocycles. The highest BCUT2D eigenvalue weighted by molar-refractivity contribution is 7.92. The van der Waals surface area contributed by atoms with Crippen LogP contribution in [0.1, 0.15) is 0 Å². The second-order valence-corrected chi connectivity index (χ2v) is 9.40. The van der Waals surface area contributed by atoms with Gasteiger partial charge in [0.25, 0.3) is 10.0 Å². The summed E-state index contributed by atoms with van der Waals surface area (Å²) in [6.45, 7) is 0.0302. The average Bonchev–Trinajstić information content (AvgIpc) is 2.62. The minimum atomic E-state index is -4.02. The summed E-state index contributed by atoms with van der Waals surface area (Å²) in [5, 5.41) is 2.54. The Morgan fingerprint density at radius 1 is 1.00 bits per heavy atom. The molecule has 3 rings (SSSR count). The number of halogens is 1. The predicted molar refractivity (Wildman–Crippen MR) is 95.4 cm³/mol. The molecule has 8 nitrogen and oxygen atoms in total. The maximum absolute atomic E-state index is 13.0. The lowest BCUT2D eigenvalue weighted by Crippen LogP contribution is -2.49. The molecule has 2 aromatic rings. The molecule has 0 unspecified atom stereocenters. The number of benzene rings is 2. The molecule has 0 saturated carbocycles. The number of nitrogens with one attached hydrogen (secondary N) is 2. The first-order valence-corrected chi connectivity index (χ1v) is 10.8. The van der Waals surface area contributed by atoms with E-state index in [0.717, 1.165) is 28.6 Å². The first-order chi connectivity index (χ1) is 12.7. The van der Waals surface area contributed by atoms with E-state index in [0.29, 0.717) is 0 Å². The minimum Gasteiger partial charge on any atom is -0.354 e. The molecule has 144 valence electrons. The first-order valence-electron chi connectivity index (χ1n) is 7.84. The number of piperazine rings is 1. The van der Waals surface area contributed by atoms with Crippen molar-refractivity contribution < 1.29 is 26.0 Å². The number of hydrogen-bond donors (Lipinski definition) is 2. The third-order valence-corrected chi connectivity index (χ3v) is 7.09. The van der Waals surface area contributed by atoms with Crippen molar-refractivity contribution in [1.29, 1.82) is 0 Å². The summed E-state index contributed by atoms with van der Waals surface area (Å²) in [4.78, 5) is 11.1. The normalized spacial score (nSPS) is 16.0. The van der Waals surface area contributed by atoms with Gasteiger partial charge in [0.2, 0.25) is 15.9 Å². The van der Waals surface area contributed by atoms with E-state index < -0.39 is 31.8 Å². The number of hydrogen-bond acceptors (Lipinski definition) is 5. The molecule has 0 radical (unpaired) electrons. The highest BCUT2D eigenvalue weighted by atomic mass is 32.2. The summed E-state index contributed by atoms with van der Waals surface area (Å²) in [7, 11) is -7.97. The van der Waals surface area contributed by atoms with Gasteiger partial charge in [-0.3, -0.25) is 9.52 Å². The van der Waals surface area contributed by atoms with E-state index in [9.17, 15) is 26.0 Å². The molecule has 0 bridgehead atoms. The lowest BCUT2D eigenvalue weighted by molar-refractivity contribution is -0.122. The van der Waals surface area contributed by atoms with Gasteiger partial charge in [-0.25, -0.2) is 21.2 Å². The van der Waals surface area contributed by atoms with Gasteiger partial charge in [-0.05, 0) is 42.5 Å². The van der Waals surface area contributed by atoms with E-state index in [1.807, 2.05) is 0 Å². The molecule has 1 aliphatic heterocycles. The Balaban J connectivity index is 1.87. The van der Waals surface area contributed by atoms with Crippen LogP contribution < -0.4 is 10.0 Å². The second-order valence-electron chi connectivity index (χ2n) is 5.78. The standard InChI is InChI=1S/C16H16FN3O5S2/c17-12-4-6-14(7-5-12)26(22,23)19-13-2-1-3-15(10-13)27(24,25)20-9-8-18-16(21)11-20/h1-7,10,19H,8-9,11H2,(H,18,21). The van der Waals surface area contributed by atoms with Crippen LogP contribution in [-0.4, -0.2) is 46.7 Å². The number of amides is 1. The van der Waals surface area contributed by atoms with Gasteiger partial charge in [-0.2, -0.15) is 4.31 Å². The Hall–Kier alpha value is -2.50. The van der Waals surface area contributed by atoms with Crippen LogP contribution in [0.25, 0.3) is 0 Å². The molecule has 0 spiro atoms. The topological polar surface area (TPSA) is 113 Å². The van der Waals surface area contributed by atoms with Crippen molar-refractivity contribution in [2.75, 3.05) is 24.4 Å². The molecule has 27 heavy (non-hydrogen) atoms. The van der Waals surface area contributed by atoms with Crippen molar-refractivity contribution in [2.24, 2.45) is 0 Å². The fraction of sp³-hybridized carbons (Fsp3) is 0.188. The van der Waals surface area contributed by atoms with Crippen LogP contribution in [0.3, 0.4) is 0 Å². The molecular weight excluding hydrogens is 397 g/mol. The predicted octanol–water partition coefficient (Wildman–Crippen LogP) is 0.747. The SMILES string of the molecule is O=C1CN(S(=O)(=O)c2cccc(NS(=O)(=O)c3ccc(F)cc3)c2)CCN1. The molecule has 0 aliphatic carbocycles. The third-order valence-electron chi connectivity index (χ3n) is 3.85. The van der Waals surface area contributed by atoms with Gasteiger partial charge in [0.1, 0.15) is 5.82 Å². The van der Waals surface area contributed by atoms with Gasteiger partial charge < -0.3 is 5.32 Å². The number of anilines is 1. The van der Waals surface area contributed by atoms with Gasteiger partial charge in [0.05, 0.1) is 22.0 Å². The third kappa shape index (κ3) is 4.26. The van der Waals surface area contributed by atoms with Gasteiger partial charge >= 0.3 is 0 Å². The molecule has 1 amide bonds. The van der Waals surface area contributed by atoms with Crippen molar-refractivity contribution in [3.05, 3.63) is 54.3 Å². The molecule has 1 aliphatic rings. The Morgan fingerprint density at radius 3 is 2.37 bits per heavy atom. The second kappa shape index (κ2) is 7.25. The molecular formula is C16H16FN3O5S2. The maximum atomic E-state index is 13.0. The van der Waals surface area contributed by atoms with E-state index in [1.54, 1.807) is 0 Å². The fourth-order valence-corrected chi connectivity index (χ4v) is 5.01. The van der Waals surface area contributed by atoms with Crippen molar-refractivity contribution in [3.8, 4) is 0 Å². The Bertz CT molecular complexity index is 1070. The Kier molecular flexibility index (Phi) is 5.18. The zero-order chi connectivity index (χ0) is 19.7. The van der Waals surface area contributed by atoms with Crippen molar-refractivity contribution in [2.45, 2.75) is 9.79 Å². The number of sulfonamides is 2. The zero-order valence-corrected chi connectivity index (χ0v) is 15.6. The number of carbonyl (C=O) groups excluding carboxylic acids is 1. The van der Waals surface area contributed by atoms with E-state index >= 15 is 0 Å². The van der Waals surface area contributed by atoms with E-state index in [4.69, 9.17) is 0 Å². The van der Waals surface area contributed by atoms with Crippen LogP contribution in [0.5, 0.6) is 0 Å². The van der Waals surface area contributed by atoms with Crippen LogP contribution in [0, 0.1) is 5.82 Å². The van der Waals surface area contributed by atoms with E-state index in [1.165, 1.54) is 24.3 Å². The van der Waals surface area contributed by atoms with Crippen LogP contribution in [0.15, 0.2) is 58.3 Å². The number of nitrogens with zero attached hydrogens (tertiary/aromatic N) is 1. The van der Waals surface area contributed by atoms with Crippen LogP contribution in [-0.2, 0) is 24.8 Å². The Morgan fingerprint density at radius 2 is 1.70 bits per heavy atom. The van der Waals surface area contributed by atoms with Gasteiger partial charge in [-0.1, -0.05) is 6.07 Å². The van der Waals surface area contributed by atoms with Crippen molar-refractivity contribution in [3.63, 3.8) is 0 Å². The summed E-state index contributed by atoms with van der Waals surface area (Å²) in [6, 6.07) is 9.49. The number of rotatable bonds is 5. The molecule has 0 aromatic heterocycles. The molecule has 1 saturated heterocycles. The molecule has 0 atom stereocenters. The lowest BCUT2D eigenvalue weighted by atomic mass is 10.3. The first kappa shape index (κ1) is 19.3. The zero-order valence-electron chi connectivity index (χ0n) is 13.9. The van der Waals surface area contributed by atoms with Crippen LogP contribution in [0.2, 0.25) is 0 Å². The summed E-state index contributed by atoms with van der Waals surface area (Å²) >= 11 is 0. The average molecular weight is 413 g/mol. The molecule has 2 N–H and O–H groups in total. The van der Waals surface area contributed by atoms with Crippen LogP contribution >= 0.6 is 0 Å². The molecule has 1 fully saturated rings.